The Morgan fingerprint density at radius 2 is 2.30 bits per heavy atom. The highest BCUT2D eigenvalue weighted by molar-refractivity contribution is 5.91. The summed E-state index contributed by atoms with van der Waals surface area (Å²) in [5.41, 5.74) is 2.38. The van der Waals surface area contributed by atoms with E-state index in [0.29, 0.717) is 12.5 Å². The molecule has 0 radical (unpaired) electrons. The third-order valence-electron chi connectivity index (χ3n) is 3.84. The molecule has 3 heterocycles. The Kier molecular flexibility index (Phi) is 4.71. The van der Waals surface area contributed by atoms with Gasteiger partial charge >= 0.3 is 0 Å². The quantitative estimate of drug-likeness (QED) is 0.851. The van der Waals surface area contributed by atoms with Crippen LogP contribution < -0.4 is 5.32 Å². The molecule has 0 unspecified atom stereocenters. The van der Waals surface area contributed by atoms with E-state index in [1.54, 1.807) is 0 Å². The molecule has 2 aromatic rings. The number of H-pyrrole nitrogens is 1. The van der Waals surface area contributed by atoms with Crippen molar-refractivity contribution in [2.24, 2.45) is 5.92 Å². The smallest absolute Gasteiger partial charge is 0.273 e. The molecule has 1 aliphatic heterocycles. The molecule has 0 fully saturated rings. The first-order chi connectivity index (χ1) is 11.1. The van der Waals surface area contributed by atoms with Crippen LogP contribution >= 0.6 is 0 Å². The van der Waals surface area contributed by atoms with Crippen LogP contribution in [0.5, 0.6) is 0 Å². The first-order valence-corrected chi connectivity index (χ1v) is 8.03. The third-order valence-corrected chi connectivity index (χ3v) is 3.84. The fraction of sp³-hybridized carbons (Fsp3) is 0.600. The highest BCUT2D eigenvalue weighted by atomic mass is 16.1. The van der Waals surface area contributed by atoms with Crippen molar-refractivity contribution in [2.45, 2.75) is 39.9 Å². The number of aromatic nitrogens is 5. The standard InChI is InChI=1S/C15H23N7O/c1-11(2)9-21-4-3-5-22-13(10-21)6-12(19-22)7-16-15(23)14-8-17-20-18-14/h6,8,11H,3-5,7,9-10H2,1-2H3,(H,16,23)(H,17,18,20). The second kappa shape index (κ2) is 6.91. The number of rotatable bonds is 5. The number of carbonyl (C=O) groups is 1. The van der Waals surface area contributed by atoms with Gasteiger partial charge in [-0.05, 0) is 18.4 Å². The largest absolute Gasteiger partial charge is 0.345 e. The number of nitrogens with zero attached hydrogens (tertiary/aromatic N) is 5. The number of aromatic amines is 1. The lowest BCUT2D eigenvalue weighted by Crippen LogP contribution is -2.27. The maximum atomic E-state index is 11.9. The Balaban J connectivity index is 1.61. The number of nitrogens with one attached hydrogen (secondary N) is 2. The van der Waals surface area contributed by atoms with E-state index >= 15 is 0 Å². The normalized spacial score (nSPS) is 15.4. The molecule has 1 aliphatic rings. The van der Waals surface area contributed by atoms with Crippen LogP contribution in [0.25, 0.3) is 0 Å². The topological polar surface area (TPSA) is 91.7 Å². The van der Waals surface area contributed by atoms with Gasteiger partial charge in [-0.3, -0.25) is 14.4 Å². The molecule has 0 bridgehead atoms. The van der Waals surface area contributed by atoms with Gasteiger partial charge in [-0.2, -0.15) is 20.5 Å². The van der Waals surface area contributed by atoms with E-state index < -0.39 is 0 Å². The monoisotopic (exact) mass is 317 g/mol. The summed E-state index contributed by atoms with van der Waals surface area (Å²) in [6, 6.07) is 2.09. The average molecular weight is 317 g/mol. The molecule has 0 saturated carbocycles. The Bertz CT molecular complexity index is 647. The van der Waals surface area contributed by atoms with Crippen LogP contribution in [0.2, 0.25) is 0 Å². The zero-order valence-electron chi connectivity index (χ0n) is 13.6. The lowest BCUT2D eigenvalue weighted by molar-refractivity contribution is 0.0945. The summed E-state index contributed by atoms with van der Waals surface area (Å²) in [6.07, 6.45) is 2.51. The van der Waals surface area contributed by atoms with Gasteiger partial charge in [-0.25, -0.2) is 0 Å². The molecule has 0 saturated heterocycles. The van der Waals surface area contributed by atoms with Gasteiger partial charge in [0, 0.05) is 26.2 Å². The van der Waals surface area contributed by atoms with Crippen LogP contribution in [0.15, 0.2) is 12.3 Å². The molecular formula is C15H23N7O. The minimum Gasteiger partial charge on any atom is -0.345 e. The molecule has 2 aromatic heterocycles. The van der Waals surface area contributed by atoms with E-state index in [-0.39, 0.29) is 11.6 Å². The van der Waals surface area contributed by atoms with E-state index in [1.807, 2.05) is 0 Å². The molecule has 0 spiro atoms. The van der Waals surface area contributed by atoms with Crippen molar-refractivity contribution in [3.8, 4) is 0 Å². The SMILES string of the molecule is CC(C)CN1CCCn2nc(CNC(=O)c3cn[nH]n3)cc2C1. The molecule has 2 N–H and O–H groups in total. The predicted octanol–water partition coefficient (Wildman–Crippen LogP) is 0.793. The zero-order valence-corrected chi connectivity index (χ0v) is 13.6. The van der Waals surface area contributed by atoms with E-state index in [9.17, 15) is 4.79 Å². The second-order valence-electron chi connectivity index (χ2n) is 6.37. The Morgan fingerprint density at radius 1 is 1.43 bits per heavy atom. The first-order valence-electron chi connectivity index (χ1n) is 8.03. The summed E-state index contributed by atoms with van der Waals surface area (Å²) in [4.78, 5) is 14.3. The molecule has 0 aromatic carbocycles. The van der Waals surface area contributed by atoms with Crippen molar-refractivity contribution < 1.29 is 4.79 Å². The maximum absolute atomic E-state index is 11.9. The Hall–Kier alpha value is -2.22. The van der Waals surface area contributed by atoms with Crippen molar-refractivity contribution in [3.63, 3.8) is 0 Å². The summed E-state index contributed by atoms with van der Waals surface area (Å²) in [6.45, 7) is 8.95. The molecular weight excluding hydrogens is 294 g/mol. The molecule has 1 amide bonds. The maximum Gasteiger partial charge on any atom is 0.273 e. The van der Waals surface area contributed by atoms with Gasteiger partial charge in [0.25, 0.3) is 5.91 Å². The molecule has 8 heteroatoms. The van der Waals surface area contributed by atoms with Gasteiger partial charge in [-0.15, -0.1) is 0 Å². The number of carbonyl (C=O) groups excluding carboxylic acids is 1. The number of hydrogen-bond acceptors (Lipinski definition) is 5. The highest BCUT2D eigenvalue weighted by Crippen LogP contribution is 2.15. The molecule has 0 atom stereocenters. The average Bonchev–Trinajstić information content (AvgIpc) is 3.12. The van der Waals surface area contributed by atoms with Crippen LogP contribution in [0.3, 0.4) is 0 Å². The predicted molar refractivity (Wildman–Crippen MR) is 84.5 cm³/mol. The van der Waals surface area contributed by atoms with Crippen molar-refractivity contribution in [2.75, 3.05) is 13.1 Å². The lowest BCUT2D eigenvalue weighted by Gasteiger charge is -2.21. The van der Waals surface area contributed by atoms with Crippen LogP contribution in [-0.4, -0.2) is 49.1 Å². The summed E-state index contributed by atoms with van der Waals surface area (Å²) >= 11 is 0. The van der Waals surface area contributed by atoms with E-state index in [1.165, 1.54) is 11.9 Å². The Labute approximate surface area is 135 Å². The van der Waals surface area contributed by atoms with Crippen LogP contribution in [0.1, 0.15) is 42.1 Å². The second-order valence-corrected chi connectivity index (χ2v) is 6.37. The summed E-state index contributed by atoms with van der Waals surface area (Å²) in [5.74, 6) is 0.411. The fourth-order valence-electron chi connectivity index (χ4n) is 2.92. The van der Waals surface area contributed by atoms with E-state index in [0.717, 1.165) is 38.3 Å². The highest BCUT2D eigenvalue weighted by Gasteiger charge is 2.17. The Morgan fingerprint density at radius 3 is 3.04 bits per heavy atom. The number of fused-ring (bicyclic) bond motifs is 1. The van der Waals surface area contributed by atoms with Crippen LogP contribution in [0, 0.1) is 5.92 Å². The molecule has 124 valence electrons. The summed E-state index contributed by atoms with van der Waals surface area (Å²) in [7, 11) is 0. The van der Waals surface area contributed by atoms with Gasteiger partial charge in [-0.1, -0.05) is 13.8 Å². The van der Waals surface area contributed by atoms with Crippen LogP contribution in [0.4, 0.5) is 0 Å². The van der Waals surface area contributed by atoms with Crippen molar-refractivity contribution in [1.82, 2.24) is 35.4 Å². The van der Waals surface area contributed by atoms with Gasteiger partial charge in [0.1, 0.15) is 0 Å². The fourth-order valence-corrected chi connectivity index (χ4v) is 2.92. The van der Waals surface area contributed by atoms with Crippen molar-refractivity contribution in [3.05, 3.63) is 29.3 Å². The third kappa shape index (κ3) is 3.95. The van der Waals surface area contributed by atoms with E-state index in [4.69, 9.17) is 0 Å². The minimum absolute atomic E-state index is 0.247. The molecule has 23 heavy (non-hydrogen) atoms. The minimum atomic E-state index is -0.247. The summed E-state index contributed by atoms with van der Waals surface area (Å²) in [5, 5.41) is 17.3. The van der Waals surface area contributed by atoms with Gasteiger partial charge < -0.3 is 5.32 Å². The summed E-state index contributed by atoms with van der Waals surface area (Å²) < 4.78 is 2.07. The lowest BCUT2D eigenvalue weighted by atomic mass is 10.2. The first kappa shape index (κ1) is 15.7. The van der Waals surface area contributed by atoms with E-state index in [2.05, 4.69) is 55.3 Å². The molecule has 8 nitrogen and oxygen atoms in total. The molecule has 3 rings (SSSR count). The zero-order chi connectivity index (χ0) is 16.2. The van der Waals surface area contributed by atoms with Crippen molar-refractivity contribution in [1.29, 1.82) is 0 Å². The van der Waals surface area contributed by atoms with Gasteiger partial charge in [0.05, 0.1) is 24.1 Å². The van der Waals surface area contributed by atoms with Gasteiger partial charge in [0.2, 0.25) is 0 Å². The molecule has 0 aliphatic carbocycles. The van der Waals surface area contributed by atoms with Crippen molar-refractivity contribution >= 4 is 5.91 Å². The number of aryl methyl sites for hydroxylation is 1. The number of hydrogen-bond donors (Lipinski definition) is 2. The van der Waals surface area contributed by atoms with Gasteiger partial charge in [0.15, 0.2) is 5.69 Å². The number of amides is 1. The van der Waals surface area contributed by atoms with Crippen LogP contribution in [-0.2, 0) is 19.6 Å².